The van der Waals surface area contributed by atoms with Crippen LogP contribution in [0.5, 0.6) is 0 Å². The van der Waals surface area contributed by atoms with Crippen molar-refractivity contribution in [2.24, 2.45) is 4.40 Å². The van der Waals surface area contributed by atoms with Gasteiger partial charge in [0.15, 0.2) is 0 Å². The van der Waals surface area contributed by atoms with Crippen molar-refractivity contribution < 1.29 is 0 Å². The quantitative estimate of drug-likeness (QED) is 0.450. The summed E-state index contributed by atoms with van der Waals surface area (Å²) in [6.45, 7) is 6.20. The van der Waals surface area contributed by atoms with E-state index in [1.165, 1.54) is 11.3 Å². The van der Waals surface area contributed by atoms with Gasteiger partial charge in [0.1, 0.15) is 0 Å². The third kappa shape index (κ3) is 5.89. The number of hydrogen-bond donors (Lipinski definition) is 0. The van der Waals surface area contributed by atoms with Crippen LogP contribution in [0.1, 0.15) is 33.6 Å². The van der Waals surface area contributed by atoms with Crippen molar-refractivity contribution in [3.63, 3.8) is 0 Å². The summed E-state index contributed by atoms with van der Waals surface area (Å²) in [5.41, 5.74) is 0. The van der Waals surface area contributed by atoms with Crippen molar-refractivity contribution in [3.8, 4) is 0 Å². The summed E-state index contributed by atoms with van der Waals surface area (Å²) >= 11 is 1.55. The van der Waals surface area contributed by atoms with Gasteiger partial charge >= 0.3 is 0 Å². The second-order valence-corrected chi connectivity index (χ2v) is 3.10. The molecule has 0 unspecified atom stereocenters. The van der Waals surface area contributed by atoms with E-state index < -0.39 is 0 Å². The van der Waals surface area contributed by atoms with E-state index >= 15 is 0 Å². The van der Waals surface area contributed by atoms with Gasteiger partial charge in [-0.1, -0.05) is 19.4 Å². The van der Waals surface area contributed by atoms with Crippen molar-refractivity contribution in [2.45, 2.75) is 33.6 Å². The molecule has 10 heavy (non-hydrogen) atoms. The molecular weight excluding hydrogens is 142 g/mol. The Kier molecular flexibility index (Phi) is 6.71. The largest absolute Gasteiger partial charge is 0.224 e. The molecule has 0 amide bonds. The van der Waals surface area contributed by atoms with E-state index in [-0.39, 0.29) is 0 Å². The standard InChI is InChI=1S/C8H15NS/c1-4-6-7-8(3)10-9-5-2/h5,7H,4,6H2,1-3H3/b8-7+,9-5?. The Hall–Kier alpha value is -0.240. The van der Waals surface area contributed by atoms with E-state index in [1.54, 1.807) is 11.9 Å². The fourth-order valence-electron chi connectivity index (χ4n) is 0.521. The van der Waals surface area contributed by atoms with Gasteiger partial charge in [-0.15, -0.1) is 0 Å². The molecule has 0 aromatic heterocycles. The Morgan fingerprint density at radius 2 is 2.30 bits per heavy atom. The second kappa shape index (κ2) is 6.87. The highest BCUT2D eigenvalue weighted by molar-refractivity contribution is 8.01. The summed E-state index contributed by atoms with van der Waals surface area (Å²) in [5.74, 6) is 0. The Labute approximate surface area is 67.8 Å². The zero-order chi connectivity index (χ0) is 7.82. The van der Waals surface area contributed by atoms with Gasteiger partial charge in [-0.2, -0.15) is 0 Å². The molecule has 0 bridgehead atoms. The summed E-state index contributed by atoms with van der Waals surface area (Å²) in [5, 5.41) is 0. The monoisotopic (exact) mass is 157 g/mol. The number of hydrogen-bond acceptors (Lipinski definition) is 2. The van der Waals surface area contributed by atoms with Crippen LogP contribution in [0.4, 0.5) is 0 Å². The molecule has 0 radical (unpaired) electrons. The molecule has 0 aliphatic carbocycles. The Morgan fingerprint density at radius 3 is 2.80 bits per heavy atom. The molecule has 1 nitrogen and oxygen atoms in total. The van der Waals surface area contributed by atoms with Crippen LogP contribution < -0.4 is 0 Å². The first-order valence-corrected chi connectivity index (χ1v) is 4.40. The Balaban J connectivity index is 3.49. The summed E-state index contributed by atoms with van der Waals surface area (Å²) in [6.07, 6.45) is 6.41. The highest BCUT2D eigenvalue weighted by Crippen LogP contribution is 2.15. The lowest BCUT2D eigenvalue weighted by molar-refractivity contribution is 0.955. The van der Waals surface area contributed by atoms with E-state index in [0.717, 1.165) is 6.42 Å². The molecule has 58 valence electrons. The van der Waals surface area contributed by atoms with Gasteiger partial charge in [-0.3, -0.25) is 0 Å². The lowest BCUT2D eigenvalue weighted by atomic mass is 10.3. The summed E-state index contributed by atoms with van der Waals surface area (Å²) in [4.78, 5) is 1.29. The molecule has 2 heteroatoms. The molecule has 0 N–H and O–H groups in total. The highest BCUT2D eigenvalue weighted by atomic mass is 32.2. The number of rotatable bonds is 4. The maximum atomic E-state index is 4.05. The van der Waals surface area contributed by atoms with Crippen molar-refractivity contribution in [1.82, 2.24) is 0 Å². The molecular formula is C8H15NS. The minimum absolute atomic E-state index is 1.16. The van der Waals surface area contributed by atoms with E-state index in [2.05, 4.69) is 24.3 Å². The molecule has 0 aromatic carbocycles. The van der Waals surface area contributed by atoms with Gasteiger partial charge in [0.05, 0.1) is 0 Å². The second-order valence-electron chi connectivity index (χ2n) is 2.06. The predicted octanol–water partition coefficient (Wildman–Crippen LogP) is 3.43. The van der Waals surface area contributed by atoms with Crippen molar-refractivity contribution >= 4 is 18.2 Å². The molecule has 0 aliphatic heterocycles. The normalized spacial score (nSPS) is 12.9. The third-order valence-corrected chi connectivity index (χ3v) is 1.79. The molecule has 0 rings (SSSR count). The highest BCUT2D eigenvalue weighted by Gasteiger charge is 1.84. The van der Waals surface area contributed by atoms with E-state index in [9.17, 15) is 0 Å². The molecule has 0 atom stereocenters. The molecule has 0 heterocycles. The van der Waals surface area contributed by atoms with Crippen LogP contribution in [0.15, 0.2) is 15.4 Å². The fourth-order valence-corrected chi connectivity index (χ4v) is 0.985. The molecule has 0 fully saturated rings. The zero-order valence-electron chi connectivity index (χ0n) is 6.92. The van der Waals surface area contributed by atoms with Gasteiger partial charge in [-0.05, 0) is 20.3 Å². The van der Waals surface area contributed by atoms with E-state index in [1.807, 2.05) is 13.1 Å². The van der Waals surface area contributed by atoms with E-state index in [0.29, 0.717) is 0 Å². The van der Waals surface area contributed by atoms with Gasteiger partial charge < -0.3 is 0 Å². The molecule has 0 saturated heterocycles. The third-order valence-electron chi connectivity index (χ3n) is 1.02. The van der Waals surface area contributed by atoms with Crippen LogP contribution in [-0.4, -0.2) is 6.21 Å². The number of nitrogens with zero attached hydrogens (tertiary/aromatic N) is 1. The molecule has 0 spiro atoms. The maximum absolute atomic E-state index is 4.05. The summed E-state index contributed by atoms with van der Waals surface area (Å²) in [6, 6.07) is 0. The average Bonchev–Trinajstić information content (AvgIpc) is 1.97. The fraction of sp³-hybridized carbons (Fsp3) is 0.625. The van der Waals surface area contributed by atoms with Gasteiger partial charge in [0, 0.05) is 23.1 Å². The topological polar surface area (TPSA) is 12.4 Å². The first-order valence-electron chi connectivity index (χ1n) is 3.63. The van der Waals surface area contributed by atoms with Crippen molar-refractivity contribution in [1.29, 1.82) is 0 Å². The first-order chi connectivity index (χ1) is 4.81. The first kappa shape index (κ1) is 9.76. The van der Waals surface area contributed by atoms with E-state index in [4.69, 9.17) is 0 Å². The molecule has 0 saturated carbocycles. The van der Waals surface area contributed by atoms with Gasteiger partial charge in [-0.25, -0.2) is 4.40 Å². The zero-order valence-corrected chi connectivity index (χ0v) is 7.74. The maximum Gasteiger partial charge on any atom is 0.00987 e. The SMILES string of the molecule is CC=NS/C(C)=C/CCC. The van der Waals surface area contributed by atoms with Crippen molar-refractivity contribution in [2.75, 3.05) is 0 Å². The van der Waals surface area contributed by atoms with Crippen LogP contribution in [0.25, 0.3) is 0 Å². The van der Waals surface area contributed by atoms with Gasteiger partial charge in [0.2, 0.25) is 0 Å². The lowest BCUT2D eigenvalue weighted by Crippen LogP contribution is -1.66. The molecule has 0 aliphatic rings. The van der Waals surface area contributed by atoms with Crippen LogP contribution in [-0.2, 0) is 0 Å². The Bertz CT molecular complexity index is 127. The minimum atomic E-state index is 1.16. The number of unbranched alkanes of at least 4 members (excludes halogenated alkanes) is 1. The summed E-state index contributed by atoms with van der Waals surface area (Å²) in [7, 11) is 0. The van der Waals surface area contributed by atoms with Crippen LogP contribution >= 0.6 is 11.9 Å². The summed E-state index contributed by atoms with van der Waals surface area (Å²) < 4.78 is 4.05. The smallest absolute Gasteiger partial charge is 0.00987 e. The molecule has 0 aromatic rings. The van der Waals surface area contributed by atoms with Gasteiger partial charge in [0.25, 0.3) is 0 Å². The van der Waals surface area contributed by atoms with Crippen LogP contribution in [0.3, 0.4) is 0 Å². The average molecular weight is 157 g/mol. The minimum Gasteiger partial charge on any atom is -0.224 e. The lowest BCUT2D eigenvalue weighted by Gasteiger charge is -1.91. The van der Waals surface area contributed by atoms with Crippen LogP contribution in [0.2, 0.25) is 0 Å². The van der Waals surface area contributed by atoms with Crippen molar-refractivity contribution in [3.05, 3.63) is 11.0 Å². The number of allylic oxidation sites excluding steroid dienone is 2. The predicted molar refractivity (Wildman–Crippen MR) is 50.4 cm³/mol. The van der Waals surface area contributed by atoms with Crippen LogP contribution in [0, 0.1) is 0 Å². The Morgan fingerprint density at radius 1 is 1.60 bits per heavy atom.